The van der Waals surface area contributed by atoms with Crippen molar-refractivity contribution in [2.24, 2.45) is 0 Å². The summed E-state index contributed by atoms with van der Waals surface area (Å²) in [7, 11) is 1.83. The van der Waals surface area contributed by atoms with E-state index >= 15 is 0 Å². The van der Waals surface area contributed by atoms with Crippen molar-refractivity contribution in [2.75, 3.05) is 18.6 Å². The Kier molecular flexibility index (Phi) is 6.92. The number of benzene rings is 2. The van der Waals surface area contributed by atoms with Crippen LogP contribution in [0.15, 0.2) is 61.2 Å². The number of ether oxygens (including phenoxy) is 2. The van der Waals surface area contributed by atoms with Crippen molar-refractivity contribution in [1.29, 1.82) is 0 Å². The van der Waals surface area contributed by atoms with Gasteiger partial charge in [0.25, 0.3) is 0 Å². The van der Waals surface area contributed by atoms with Crippen molar-refractivity contribution in [3.8, 4) is 0 Å². The number of nitrogens with zero attached hydrogens (tertiary/aromatic N) is 5. The van der Waals surface area contributed by atoms with Gasteiger partial charge in [-0.05, 0) is 30.2 Å². The molecule has 1 aliphatic heterocycles. The molecule has 36 heavy (non-hydrogen) atoms. The van der Waals surface area contributed by atoms with E-state index in [1.807, 2.05) is 49.2 Å². The first-order chi connectivity index (χ1) is 17.4. The lowest BCUT2D eigenvalue weighted by molar-refractivity contribution is -0.0682. The number of anilines is 1. The van der Waals surface area contributed by atoms with Gasteiger partial charge in [-0.1, -0.05) is 42.0 Å². The first-order valence-corrected chi connectivity index (χ1v) is 11.7. The smallest absolute Gasteiger partial charge is 0.167 e. The number of aliphatic hydroxyl groups is 2. The van der Waals surface area contributed by atoms with Gasteiger partial charge in [-0.2, -0.15) is 0 Å². The van der Waals surface area contributed by atoms with E-state index in [0.29, 0.717) is 30.1 Å². The van der Waals surface area contributed by atoms with Crippen LogP contribution in [0.3, 0.4) is 0 Å². The van der Waals surface area contributed by atoms with Crippen LogP contribution in [0.5, 0.6) is 0 Å². The molecule has 4 aromatic rings. The Balaban J connectivity index is 1.30. The predicted octanol–water partition coefficient (Wildman–Crippen LogP) is 2.75. The lowest BCUT2D eigenvalue weighted by atomic mass is 10.1. The van der Waals surface area contributed by atoms with Crippen molar-refractivity contribution in [1.82, 2.24) is 19.5 Å². The molecule has 188 valence electrons. The summed E-state index contributed by atoms with van der Waals surface area (Å²) in [5.74, 6) is 0.246. The van der Waals surface area contributed by atoms with Gasteiger partial charge in [-0.15, -0.1) is 0 Å². The summed E-state index contributed by atoms with van der Waals surface area (Å²) in [4.78, 5) is 15.0. The van der Waals surface area contributed by atoms with Crippen LogP contribution in [0, 0.1) is 12.7 Å². The molecule has 4 atom stereocenters. The summed E-state index contributed by atoms with van der Waals surface area (Å²) in [5, 5.41) is 21.3. The Morgan fingerprint density at radius 1 is 1.06 bits per heavy atom. The molecule has 1 aliphatic rings. The molecule has 0 bridgehead atoms. The fourth-order valence-electron chi connectivity index (χ4n) is 4.36. The highest BCUT2D eigenvalue weighted by molar-refractivity contribution is 5.83. The van der Waals surface area contributed by atoms with Crippen molar-refractivity contribution in [2.45, 2.75) is 44.6 Å². The number of rotatable bonds is 8. The van der Waals surface area contributed by atoms with E-state index in [0.717, 1.165) is 11.1 Å². The molecule has 2 N–H and O–H groups in total. The maximum atomic E-state index is 13.6. The zero-order valence-corrected chi connectivity index (χ0v) is 20.0. The van der Waals surface area contributed by atoms with Gasteiger partial charge < -0.3 is 24.6 Å². The largest absolute Gasteiger partial charge is 0.387 e. The maximum absolute atomic E-state index is 13.6. The highest BCUT2D eigenvalue weighted by Gasteiger charge is 2.44. The lowest BCUT2D eigenvalue weighted by Gasteiger charge is -2.19. The maximum Gasteiger partial charge on any atom is 0.167 e. The number of hydrogen-bond donors (Lipinski definition) is 2. The fourth-order valence-corrected chi connectivity index (χ4v) is 4.36. The first-order valence-electron chi connectivity index (χ1n) is 11.7. The van der Waals surface area contributed by atoms with Crippen LogP contribution in [0.2, 0.25) is 0 Å². The molecular formula is C26H28FN5O4. The van der Waals surface area contributed by atoms with E-state index in [2.05, 4.69) is 15.0 Å². The van der Waals surface area contributed by atoms with Crippen molar-refractivity contribution >= 4 is 17.0 Å². The quantitative estimate of drug-likeness (QED) is 0.386. The van der Waals surface area contributed by atoms with Crippen LogP contribution in [-0.2, 0) is 22.6 Å². The van der Waals surface area contributed by atoms with E-state index in [1.54, 1.807) is 10.6 Å². The third kappa shape index (κ3) is 4.93. The summed E-state index contributed by atoms with van der Waals surface area (Å²) in [5.41, 5.74) is 3.91. The number of halogens is 1. The van der Waals surface area contributed by atoms with E-state index in [-0.39, 0.29) is 12.4 Å². The number of imidazole rings is 1. The van der Waals surface area contributed by atoms with E-state index in [9.17, 15) is 14.6 Å². The molecule has 0 radical (unpaired) electrons. The molecule has 3 heterocycles. The van der Waals surface area contributed by atoms with Gasteiger partial charge in [-0.25, -0.2) is 19.3 Å². The van der Waals surface area contributed by atoms with Crippen molar-refractivity contribution < 1.29 is 24.1 Å². The number of aliphatic hydroxyl groups excluding tert-OH is 2. The molecule has 0 saturated carbocycles. The van der Waals surface area contributed by atoms with E-state index < -0.39 is 24.5 Å². The minimum absolute atomic E-state index is 0.117. The second-order valence-corrected chi connectivity index (χ2v) is 9.05. The minimum Gasteiger partial charge on any atom is -0.387 e. The average Bonchev–Trinajstić information content (AvgIpc) is 3.41. The van der Waals surface area contributed by atoms with Crippen LogP contribution >= 0.6 is 0 Å². The summed E-state index contributed by atoms with van der Waals surface area (Å²) < 4.78 is 26.9. The summed E-state index contributed by atoms with van der Waals surface area (Å²) >= 11 is 0. The molecule has 2 aromatic heterocycles. The van der Waals surface area contributed by atoms with Crippen LogP contribution in [0.1, 0.15) is 22.9 Å². The number of hydrogen-bond acceptors (Lipinski definition) is 8. The number of fused-ring (bicyclic) bond motifs is 1. The Morgan fingerprint density at radius 2 is 1.86 bits per heavy atom. The average molecular weight is 494 g/mol. The zero-order valence-electron chi connectivity index (χ0n) is 20.0. The molecule has 5 rings (SSSR count). The van der Waals surface area contributed by atoms with E-state index in [4.69, 9.17) is 9.47 Å². The van der Waals surface area contributed by atoms with Crippen LogP contribution < -0.4 is 4.90 Å². The molecule has 0 unspecified atom stereocenters. The fraction of sp³-hybridized carbons (Fsp3) is 0.346. The number of aromatic nitrogens is 4. The highest BCUT2D eigenvalue weighted by Crippen LogP contribution is 2.33. The molecular weight excluding hydrogens is 465 g/mol. The summed E-state index contributed by atoms with van der Waals surface area (Å²) in [6.07, 6.45) is -1.03. The molecule has 10 heteroatoms. The highest BCUT2D eigenvalue weighted by atomic mass is 19.1. The zero-order chi connectivity index (χ0) is 25.2. The molecule has 0 spiro atoms. The van der Waals surface area contributed by atoms with Gasteiger partial charge in [0, 0.05) is 13.6 Å². The molecule has 0 aliphatic carbocycles. The molecule has 2 aromatic carbocycles. The SMILES string of the molecule is Cc1ccc(COC[C@H]2O[C@@H](n3cnc4c(N(C)Cc5cccc(F)c5)ncnc43)[C@H](O)[C@@H]2O)cc1. The Morgan fingerprint density at radius 3 is 2.64 bits per heavy atom. The summed E-state index contributed by atoms with van der Waals surface area (Å²) in [6, 6.07) is 14.4. The topological polar surface area (TPSA) is 106 Å². The first kappa shape index (κ1) is 24.3. The molecule has 1 saturated heterocycles. The number of aryl methyl sites for hydroxylation is 1. The van der Waals surface area contributed by atoms with Gasteiger partial charge in [0.05, 0.1) is 19.5 Å². The van der Waals surface area contributed by atoms with Gasteiger partial charge in [-0.3, -0.25) is 4.57 Å². The Bertz CT molecular complexity index is 1330. The predicted molar refractivity (Wildman–Crippen MR) is 131 cm³/mol. The third-order valence-corrected chi connectivity index (χ3v) is 6.29. The van der Waals surface area contributed by atoms with Crippen LogP contribution in [0.25, 0.3) is 11.2 Å². The second-order valence-electron chi connectivity index (χ2n) is 9.05. The monoisotopic (exact) mass is 493 g/mol. The summed E-state index contributed by atoms with van der Waals surface area (Å²) in [6.45, 7) is 2.92. The van der Waals surface area contributed by atoms with Gasteiger partial charge in [0.1, 0.15) is 30.5 Å². The lowest BCUT2D eigenvalue weighted by Crippen LogP contribution is -2.33. The normalized spacial score (nSPS) is 21.8. The van der Waals surface area contributed by atoms with Gasteiger partial charge in [0.15, 0.2) is 23.2 Å². The Labute approximate surface area is 207 Å². The standard InChI is InChI=1S/C26H28FN5O4/c1-16-6-8-17(9-7-16)12-35-13-20-22(33)23(34)26(36-20)32-15-30-21-24(28-14-29-25(21)32)31(2)11-18-4-3-5-19(27)10-18/h3-10,14-15,20,22-23,26,33-34H,11-13H2,1-2H3/t20-,22-,23-,26-/m1/s1. The molecule has 9 nitrogen and oxygen atoms in total. The van der Waals surface area contributed by atoms with Gasteiger partial charge >= 0.3 is 0 Å². The Hall–Kier alpha value is -3.44. The third-order valence-electron chi connectivity index (χ3n) is 6.29. The van der Waals surface area contributed by atoms with Crippen molar-refractivity contribution in [3.05, 3.63) is 83.7 Å². The van der Waals surface area contributed by atoms with Crippen LogP contribution in [0.4, 0.5) is 10.2 Å². The molecule has 0 amide bonds. The minimum atomic E-state index is -1.20. The van der Waals surface area contributed by atoms with Crippen LogP contribution in [-0.4, -0.2) is 61.7 Å². The molecule has 1 fully saturated rings. The van der Waals surface area contributed by atoms with Gasteiger partial charge in [0.2, 0.25) is 0 Å². The van der Waals surface area contributed by atoms with E-state index in [1.165, 1.54) is 30.4 Å². The van der Waals surface area contributed by atoms with Crippen molar-refractivity contribution in [3.63, 3.8) is 0 Å². The second kappa shape index (κ2) is 10.3.